The van der Waals surface area contributed by atoms with Crippen LogP contribution < -0.4 is 0 Å². The largest absolute Gasteiger partial charge is 0.434 e. The van der Waals surface area contributed by atoms with E-state index in [4.69, 9.17) is 11.6 Å². The number of hydrogen-bond acceptors (Lipinski definition) is 1. The molecular weight excluding hydrogens is 306 g/mol. The third-order valence-corrected chi connectivity index (χ3v) is 3.01. The van der Waals surface area contributed by atoms with Gasteiger partial charge in [0.05, 0.1) is 10.5 Å². The van der Waals surface area contributed by atoms with Crippen molar-refractivity contribution in [1.82, 2.24) is 4.98 Å². The Labute approximate surface area is 102 Å². The van der Waals surface area contributed by atoms with E-state index >= 15 is 0 Å². The third kappa shape index (κ3) is 2.01. The Bertz CT molecular complexity index is 553. The summed E-state index contributed by atoms with van der Waals surface area (Å²) in [6.07, 6.45) is -4.53. The van der Waals surface area contributed by atoms with Crippen LogP contribution in [0.25, 0.3) is 10.9 Å². The molecule has 16 heavy (non-hydrogen) atoms. The van der Waals surface area contributed by atoms with Crippen LogP contribution in [0.4, 0.5) is 13.2 Å². The predicted octanol–water partition coefficient (Wildman–Crippen LogP) is 4.67. The van der Waals surface area contributed by atoms with Gasteiger partial charge in [-0.15, -0.1) is 0 Å². The molecule has 0 amide bonds. The topological polar surface area (TPSA) is 12.9 Å². The van der Waals surface area contributed by atoms with Crippen LogP contribution in [0.5, 0.6) is 0 Å². The van der Waals surface area contributed by atoms with Crippen molar-refractivity contribution in [2.75, 3.05) is 0 Å². The van der Waals surface area contributed by atoms with Gasteiger partial charge >= 0.3 is 6.18 Å². The van der Waals surface area contributed by atoms with Gasteiger partial charge in [0, 0.05) is 9.86 Å². The molecule has 0 aliphatic rings. The van der Waals surface area contributed by atoms with Crippen LogP contribution in [0.15, 0.2) is 28.7 Å². The van der Waals surface area contributed by atoms with E-state index in [-0.39, 0.29) is 5.52 Å². The second-order valence-electron chi connectivity index (χ2n) is 3.12. The third-order valence-electron chi connectivity index (χ3n) is 2.03. The number of hydrogen-bond donors (Lipinski definition) is 0. The lowest BCUT2D eigenvalue weighted by Gasteiger charge is -2.09. The van der Waals surface area contributed by atoms with Crippen LogP contribution in [-0.2, 0) is 6.18 Å². The highest BCUT2D eigenvalue weighted by Gasteiger charge is 2.35. The van der Waals surface area contributed by atoms with Gasteiger partial charge in [0.25, 0.3) is 0 Å². The monoisotopic (exact) mass is 309 g/mol. The molecule has 0 N–H and O–H groups in total. The summed E-state index contributed by atoms with van der Waals surface area (Å²) >= 11 is 8.78. The lowest BCUT2D eigenvalue weighted by molar-refractivity contribution is -0.140. The van der Waals surface area contributed by atoms with E-state index in [0.717, 1.165) is 0 Å². The molecule has 1 nitrogen and oxygen atoms in total. The molecule has 0 aliphatic heterocycles. The zero-order valence-corrected chi connectivity index (χ0v) is 9.99. The summed E-state index contributed by atoms with van der Waals surface area (Å²) < 4.78 is 38.2. The Morgan fingerprint density at radius 3 is 2.56 bits per heavy atom. The standard InChI is InChI=1S/C10H4BrClF3N/c11-6-2-1-3-8-5(6)4-7(12)9(16-8)10(13,14)15/h1-4H. The van der Waals surface area contributed by atoms with Gasteiger partial charge in [-0.25, -0.2) is 4.98 Å². The second kappa shape index (κ2) is 3.89. The summed E-state index contributed by atoms with van der Waals surface area (Å²) in [7, 11) is 0. The summed E-state index contributed by atoms with van der Waals surface area (Å²) in [5.74, 6) is 0. The van der Waals surface area contributed by atoms with Crippen LogP contribution in [0, 0.1) is 0 Å². The van der Waals surface area contributed by atoms with Gasteiger partial charge in [0.15, 0.2) is 5.69 Å². The number of alkyl halides is 3. The van der Waals surface area contributed by atoms with Crippen molar-refractivity contribution in [3.63, 3.8) is 0 Å². The minimum absolute atomic E-state index is 0.256. The molecule has 0 radical (unpaired) electrons. The number of benzene rings is 1. The second-order valence-corrected chi connectivity index (χ2v) is 4.38. The minimum atomic E-state index is -4.53. The summed E-state index contributed by atoms with van der Waals surface area (Å²) in [5.41, 5.74) is -0.800. The normalized spacial score (nSPS) is 12.1. The Morgan fingerprint density at radius 2 is 1.94 bits per heavy atom. The summed E-state index contributed by atoms with van der Waals surface area (Å²) in [5, 5.41) is 0.160. The number of nitrogens with zero attached hydrogens (tertiary/aromatic N) is 1. The highest BCUT2D eigenvalue weighted by Crippen LogP contribution is 2.36. The Morgan fingerprint density at radius 1 is 1.25 bits per heavy atom. The Balaban J connectivity index is 2.78. The molecule has 1 heterocycles. The van der Waals surface area contributed by atoms with Gasteiger partial charge in [0.2, 0.25) is 0 Å². The molecule has 2 rings (SSSR count). The predicted molar refractivity (Wildman–Crippen MR) is 59.5 cm³/mol. The first kappa shape index (κ1) is 11.7. The average Bonchev–Trinajstić information content (AvgIpc) is 2.17. The van der Waals surface area contributed by atoms with Crippen molar-refractivity contribution in [2.45, 2.75) is 6.18 Å². The molecule has 0 fully saturated rings. The fourth-order valence-corrected chi connectivity index (χ4v) is 2.06. The summed E-state index contributed by atoms with van der Waals surface area (Å²) in [4.78, 5) is 3.52. The molecule has 0 saturated carbocycles. The molecule has 2 aromatic rings. The minimum Gasteiger partial charge on any atom is -0.242 e. The number of aromatic nitrogens is 1. The quantitative estimate of drug-likeness (QED) is 0.689. The van der Waals surface area contributed by atoms with Crippen LogP contribution in [0.3, 0.4) is 0 Å². The summed E-state index contributed by atoms with van der Waals surface area (Å²) in [6, 6.07) is 6.10. The number of fused-ring (bicyclic) bond motifs is 1. The van der Waals surface area contributed by atoms with Gasteiger partial charge in [-0.1, -0.05) is 33.6 Å². The van der Waals surface area contributed by atoms with Crippen molar-refractivity contribution >= 4 is 38.4 Å². The Kier molecular flexibility index (Phi) is 2.84. The first-order chi connectivity index (χ1) is 7.39. The van der Waals surface area contributed by atoms with E-state index in [9.17, 15) is 13.2 Å². The fourth-order valence-electron chi connectivity index (χ4n) is 1.33. The van der Waals surface area contributed by atoms with Crippen LogP contribution >= 0.6 is 27.5 Å². The Hall–Kier alpha value is -0.810. The van der Waals surface area contributed by atoms with Crippen molar-refractivity contribution in [1.29, 1.82) is 0 Å². The molecule has 84 valence electrons. The lowest BCUT2D eigenvalue weighted by Crippen LogP contribution is -2.08. The smallest absolute Gasteiger partial charge is 0.242 e. The van der Waals surface area contributed by atoms with Crippen LogP contribution in [0.1, 0.15) is 5.69 Å². The van der Waals surface area contributed by atoms with Gasteiger partial charge < -0.3 is 0 Å². The molecule has 1 aromatic heterocycles. The molecular formula is C10H4BrClF3N. The van der Waals surface area contributed by atoms with Gasteiger partial charge in [-0.3, -0.25) is 0 Å². The fraction of sp³-hybridized carbons (Fsp3) is 0.100. The maximum absolute atomic E-state index is 12.5. The zero-order valence-electron chi connectivity index (χ0n) is 7.65. The van der Waals surface area contributed by atoms with E-state index in [0.29, 0.717) is 9.86 Å². The summed E-state index contributed by atoms with van der Waals surface area (Å²) in [6.45, 7) is 0. The van der Waals surface area contributed by atoms with E-state index in [2.05, 4.69) is 20.9 Å². The van der Waals surface area contributed by atoms with E-state index in [1.165, 1.54) is 12.1 Å². The number of pyridine rings is 1. The van der Waals surface area contributed by atoms with E-state index in [1.807, 2.05) is 0 Å². The number of rotatable bonds is 0. The van der Waals surface area contributed by atoms with Crippen LogP contribution in [0.2, 0.25) is 5.02 Å². The molecule has 0 saturated heterocycles. The van der Waals surface area contributed by atoms with Gasteiger partial charge in [-0.2, -0.15) is 13.2 Å². The SMILES string of the molecule is FC(F)(F)c1nc2cccc(Br)c2cc1Cl. The van der Waals surface area contributed by atoms with E-state index < -0.39 is 16.9 Å². The first-order valence-electron chi connectivity index (χ1n) is 4.21. The van der Waals surface area contributed by atoms with Crippen molar-refractivity contribution < 1.29 is 13.2 Å². The van der Waals surface area contributed by atoms with Gasteiger partial charge in [0.1, 0.15) is 0 Å². The highest BCUT2D eigenvalue weighted by molar-refractivity contribution is 9.10. The molecule has 0 aliphatic carbocycles. The molecule has 0 atom stereocenters. The molecule has 1 aromatic carbocycles. The van der Waals surface area contributed by atoms with Gasteiger partial charge in [-0.05, 0) is 18.2 Å². The first-order valence-corrected chi connectivity index (χ1v) is 5.38. The molecule has 0 bridgehead atoms. The molecule has 0 unspecified atom stereocenters. The maximum Gasteiger partial charge on any atom is 0.434 e. The maximum atomic E-state index is 12.5. The molecule has 0 spiro atoms. The highest BCUT2D eigenvalue weighted by atomic mass is 79.9. The number of halogens is 5. The van der Waals surface area contributed by atoms with Crippen LogP contribution in [-0.4, -0.2) is 4.98 Å². The lowest BCUT2D eigenvalue weighted by atomic mass is 10.2. The van der Waals surface area contributed by atoms with Crippen molar-refractivity contribution in [2.24, 2.45) is 0 Å². The van der Waals surface area contributed by atoms with Crippen molar-refractivity contribution in [3.8, 4) is 0 Å². The molecule has 6 heteroatoms. The van der Waals surface area contributed by atoms with Crippen molar-refractivity contribution in [3.05, 3.63) is 39.5 Å². The zero-order chi connectivity index (χ0) is 11.9. The van der Waals surface area contributed by atoms with E-state index in [1.54, 1.807) is 12.1 Å². The average molecular weight is 310 g/mol.